The van der Waals surface area contributed by atoms with E-state index >= 15 is 0 Å². The van der Waals surface area contributed by atoms with Crippen LogP contribution >= 0.6 is 0 Å². The smallest absolute Gasteiger partial charge is 0.0591 e. The number of benzene rings is 1. The summed E-state index contributed by atoms with van der Waals surface area (Å²) in [6.45, 7) is 5.35. The second-order valence-corrected chi connectivity index (χ2v) is 5.31. The van der Waals surface area contributed by atoms with Crippen LogP contribution in [-0.2, 0) is 6.42 Å². The maximum absolute atomic E-state index is 4.27. The first kappa shape index (κ1) is 15.4. The highest BCUT2D eigenvalue weighted by Crippen LogP contribution is 2.19. The third-order valence-electron chi connectivity index (χ3n) is 3.38. The highest BCUT2D eigenvalue weighted by molar-refractivity contribution is 5.63. The van der Waals surface area contributed by atoms with Gasteiger partial charge in [-0.1, -0.05) is 32.4 Å². The largest absolute Gasteiger partial charge is 0.384 e. The molecule has 0 aliphatic rings. The number of anilines is 3. The zero-order valence-electron chi connectivity index (χ0n) is 13.0. The second kappa shape index (κ2) is 8.30. The topological polar surface area (TPSA) is 37.0 Å². The molecule has 0 saturated heterocycles. The van der Waals surface area contributed by atoms with Gasteiger partial charge in [-0.3, -0.25) is 4.98 Å². The molecule has 21 heavy (non-hydrogen) atoms. The summed E-state index contributed by atoms with van der Waals surface area (Å²) in [4.78, 5) is 4.27. The van der Waals surface area contributed by atoms with Crippen molar-refractivity contribution in [2.75, 3.05) is 17.2 Å². The molecule has 0 fully saturated rings. The summed E-state index contributed by atoms with van der Waals surface area (Å²) >= 11 is 0. The summed E-state index contributed by atoms with van der Waals surface area (Å²) in [6.07, 6.45) is 8.47. The summed E-state index contributed by atoms with van der Waals surface area (Å²) in [5.74, 6) is 0. The van der Waals surface area contributed by atoms with Crippen LogP contribution in [0.4, 0.5) is 17.1 Å². The van der Waals surface area contributed by atoms with Crippen molar-refractivity contribution in [3.63, 3.8) is 0 Å². The molecule has 1 heterocycles. The fourth-order valence-corrected chi connectivity index (χ4v) is 2.18. The van der Waals surface area contributed by atoms with Crippen LogP contribution in [0.3, 0.4) is 0 Å². The molecular weight excluding hydrogens is 258 g/mol. The van der Waals surface area contributed by atoms with Gasteiger partial charge >= 0.3 is 0 Å². The minimum atomic E-state index is 0.970. The number of pyridine rings is 1. The lowest BCUT2D eigenvalue weighted by atomic mass is 10.1. The lowest BCUT2D eigenvalue weighted by molar-refractivity contribution is 0.795. The fourth-order valence-electron chi connectivity index (χ4n) is 2.18. The Morgan fingerprint density at radius 2 is 1.67 bits per heavy atom. The minimum Gasteiger partial charge on any atom is -0.384 e. The van der Waals surface area contributed by atoms with Crippen LogP contribution in [0.25, 0.3) is 0 Å². The van der Waals surface area contributed by atoms with E-state index in [1.165, 1.54) is 18.4 Å². The molecule has 1 aromatic heterocycles. The average molecular weight is 283 g/mol. The molecule has 2 N–H and O–H groups in total. The second-order valence-electron chi connectivity index (χ2n) is 5.31. The monoisotopic (exact) mass is 283 g/mol. The predicted octanol–water partition coefficient (Wildman–Crippen LogP) is 4.99. The molecule has 3 heteroatoms. The SMILES string of the molecule is CCCCc1ccc(Nc2cncc(NCCC)c2)cc1. The van der Waals surface area contributed by atoms with Gasteiger partial charge in [0.05, 0.1) is 23.8 Å². The molecule has 0 atom stereocenters. The van der Waals surface area contributed by atoms with Crippen molar-refractivity contribution in [2.24, 2.45) is 0 Å². The molecule has 0 unspecified atom stereocenters. The van der Waals surface area contributed by atoms with Crippen LogP contribution in [0.2, 0.25) is 0 Å². The van der Waals surface area contributed by atoms with Crippen LogP contribution in [0.15, 0.2) is 42.7 Å². The molecule has 0 saturated carbocycles. The molecular formula is C18H25N3. The number of aromatic nitrogens is 1. The van der Waals surface area contributed by atoms with Gasteiger partial charge in [-0.15, -0.1) is 0 Å². The van der Waals surface area contributed by atoms with Gasteiger partial charge in [-0.05, 0) is 43.0 Å². The van der Waals surface area contributed by atoms with E-state index in [1.807, 2.05) is 12.4 Å². The number of nitrogens with one attached hydrogen (secondary N) is 2. The summed E-state index contributed by atoms with van der Waals surface area (Å²) in [5, 5.41) is 6.75. The molecule has 2 aromatic rings. The van der Waals surface area contributed by atoms with E-state index in [1.54, 1.807) is 0 Å². The molecule has 0 amide bonds. The molecule has 3 nitrogen and oxygen atoms in total. The van der Waals surface area contributed by atoms with E-state index < -0.39 is 0 Å². The standard InChI is InChI=1S/C18H25N3/c1-3-5-6-15-7-9-16(10-8-15)21-18-12-17(13-19-14-18)20-11-4-2/h7-10,12-14,20-21H,3-6,11H2,1-2H3. The van der Waals surface area contributed by atoms with E-state index in [4.69, 9.17) is 0 Å². The van der Waals surface area contributed by atoms with Gasteiger partial charge in [0.25, 0.3) is 0 Å². The van der Waals surface area contributed by atoms with Gasteiger partial charge in [0.15, 0.2) is 0 Å². The van der Waals surface area contributed by atoms with Crippen molar-refractivity contribution in [2.45, 2.75) is 39.5 Å². The lowest BCUT2D eigenvalue weighted by Crippen LogP contribution is -2.01. The van der Waals surface area contributed by atoms with Crippen molar-refractivity contribution in [1.82, 2.24) is 4.98 Å². The lowest BCUT2D eigenvalue weighted by Gasteiger charge is -2.10. The van der Waals surface area contributed by atoms with Crippen LogP contribution < -0.4 is 10.6 Å². The molecule has 2 rings (SSSR count). The van der Waals surface area contributed by atoms with E-state index in [0.29, 0.717) is 0 Å². The molecule has 0 aliphatic carbocycles. The number of hydrogen-bond donors (Lipinski definition) is 2. The Hall–Kier alpha value is -2.03. The predicted molar refractivity (Wildman–Crippen MR) is 91.4 cm³/mol. The summed E-state index contributed by atoms with van der Waals surface area (Å²) in [5.41, 5.74) is 4.57. The first-order valence-electron chi connectivity index (χ1n) is 7.86. The van der Waals surface area contributed by atoms with Crippen molar-refractivity contribution in [3.05, 3.63) is 48.3 Å². The number of unbranched alkanes of at least 4 members (excludes halogenated alkanes) is 1. The Kier molecular flexibility index (Phi) is 6.07. The summed E-state index contributed by atoms with van der Waals surface area (Å²) in [6, 6.07) is 10.8. The Bertz CT molecular complexity index is 534. The van der Waals surface area contributed by atoms with Crippen molar-refractivity contribution >= 4 is 17.1 Å². The molecule has 0 spiro atoms. The average Bonchev–Trinajstić information content (AvgIpc) is 2.53. The highest BCUT2D eigenvalue weighted by Gasteiger charge is 1.98. The van der Waals surface area contributed by atoms with Gasteiger partial charge in [-0.25, -0.2) is 0 Å². The van der Waals surface area contributed by atoms with Gasteiger partial charge in [0.1, 0.15) is 0 Å². The third-order valence-corrected chi connectivity index (χ3v) is 3.38. The van der Waals surface area contributed by atoms with Crippen molar-refractivity contribution < 1.29 is 0 Å². The third kappa shape index (κ3) is 5.10. The molecule has 1 aromatic carbocycles. The normalized spacial score (nSPS) is 10.4. The van der Waals surface area contributed by atoms with Gasteiger partial charge in [-0.2, -0.15) is 0 Å². The molecule has 0 bridgehead atoms. The number of rotatable bonds is 8. The van der Waals surface area contributed by atoms with Gasteiger partial charge < -0.3 is 10.6 Å². The van der Waals surface area contributed by atoms with E-state index in [2.05, 4.69) is 59.8 Å². The first-order valence-corrected chi connectivity index (χ1v) is 7.86. The maximum atomic E-state index is 4.27. The Morgan fingerprint density at radius 3 is 2.38 bits per heavy atom. The quantitative estimate of drug-likeness (QED) is 0.716. The Morgan fingerprint density at radius 1 is 0.905 bits per heavy atom. The molecule has 0 radical (unpaired) electrons. The van der Waals surface area contributed by atoms with Crippen LogP contribution in [0.1, 0.15) is 38.7 Å². The number of nitrogens with zero attached hydrogens (tertiary/aromatic N) is 1. The highest BCUT2D eigenvalue weighted by atomic mass is 14.9. The Labute approximate surface area is 127 Å². The maximum Gasteiger partial charge on any atom is 0.0591 e. The van der Waals surface area contributed by atoms with Crippen LogP contribution in [-0.4, -0.2) is 11.5 Å². The van der Waals surface area contributed by atoms with Crippen molar-refractivity contribution in [1.29, 1.82) is 0 Å². The van der Waals surface area contributed by atoms with E-state index in [9.17, 15) is 0 Å². The van der Waals surface area contributed by atoms with E-state index in [0.717, 1.165) is 36.4 Å². The Balaban J connectivity index is 1.97. The summed E-state index contributed by atoms with van der Waals surface area (Å²) in [7, 11) is 0. The number of hydrogen-bond acceptors (Lipinski definition) is 3. The molecule has 112 valence electrons. The first-order chi connectivity index (χ1) is 10.3. The molecule has 0 aliphatic heterocycles. The van der Waals surface area contributed by atoms with Crippen LogP contribution in [0, 0.1) is 0 Å². The fraction of sp³-hybridized carbons (Fsp3) is 0.389. The summed E-state index contributed by atoms with van der Waals surface area (Å²) < 4.78 is 0. The van der Waals surface area contributed by atoms with Gasteiger partial charge in [0, 0.05) is 12.2 Å². The zero-order valence-corrected chi connectivity index (χ0v) is 13.0. The zero-order chi connectivity index (χ0) is 14.9. The van der Waals surface area contributed by atoms with Crippen molar-refractivity contribution in [3.8, 4) is 0 Å². The van der Waals surface area contributed by atoms with Gasteiger partial charge in [0.2, 0.25) is 0 Å². The van der Waals surface area contributed by atoms with E-state index in [-0.39, 0.29) is 0 Å². The number of aryl methyl sites for hydroxylation is 1. The van der Waals surface area contributed by atoms with Crippen LogP contribution in [0.5, 0.6) is 0 Å². The minimum absolute atomic E-state index is 0.970.